The molecule has 0 unspecified atom stereocenters. The molecule has 0 heterocycles. The van der Waals surface area contributed by atoms with E-state index in [-0.39, 0.29) is 0 Å². The first-order valence-electron chi connectivity index (χ1n) is 8.56. The molecule has 4 heteroatoms. The second-order valence-electron chi connectivity index (χ2n) is 5.68. The zero-order chi connectivity index (χ0) is 17.0. The van der Waals surface area contributed by atoms with Crippen molar-refractivity contribution in [2.75, 3.05) is 12.0 Å². The van der Waals surface area contributed by atoms with E-state index >= 15 is 0 Å². The van der Waals surface area contributed by atoms with Crippen molar-refractivity contribution in [1.82, 2.24) is 0 Å². The quantitative estimate of drug-likeness (QED) is 0.319. The number of hydrazone groups is 1. The molecule has 0 amide bonds. The van der Waals surface area contributed by atoms with E-state index in [2.05, 4.69) is 17.5 Å². The Bertz CT molecular complexity index is 643. The average Bonchev–Trinajstić information content (AvgIpc) is 2.59. The molecule has 0 saturated heterocycles. The number of para-hydroxylation sites is 1. The summed E-state index contributed by atoms with van der Waals surface area (Å²) in [5.41, 5.74) is 4.79. The van der Waals surface area contributed by atoms with E-state index in [0.717, 1.165) is 30.0 Å². The van der Waals surface area contributed by atoms with Crippen LogP contribution >= 0.6 is 11.6 Å². The molecule has 0 aromatic heterocycles. The number of halogens is 1. The van der Waals surface area contributed by atoms with Crippen LogP contribution in [-0.2, 0) is 0 Å². The Morgan fingerprint density at radius 1 is 1.04 bits per heavy atom. The molecule has 0 spiro atoms. The van der Waals surface area contributed by atoms with E-state index in [9.17, 15) is 0 Å². The van der Waals surface area contributed by atoms with E-state index in [1.807, 2.05) is 48.5 Å². The summed E-state index contributed by atoms with van der Waals surface area (Å²) in [6, 6.07) is 15.4. The monoisotopic (exact) mass is 344 g/mol. The SMILES string of the molecule is CCCCCCCOc1ccccc1C=NNc1cccc(Cl)c1. The van der Waals surface area contributed by atoms with Crippen molar-refractivity contribution in [2.24, 2.45) is 5.10 Å². The molecular weight excluding hydrogens is 320 g/mol. The van der Waals surface area contributed by atoms with Crippen molar-refractivity contribution in [2.45, 2.75) is 39.0 Å². The number of nitrogens with zero attached hydrogens (tertiary/aromatic N) is 1. The predicted octanol–water partition coefficient (Wildman–Crippen LogP) is 6.14. The Balaban J connectivity index is 1.85. The van der Waals surface area contributed by atoms with E-state index in [1.54, 1.807) is 6.21 Å². The molecule has 0 aliphatic rings. The van der Waals surface area contributed by atoms with Crippen LogP contribution in [0.4, 0.5) is 5.69 Å². The van der Waals surface area contributed by atoms with Crippen LogP contribution in [0.3, 0.4) is 0 Å². The van der Waals surface area contributed by atoms with Crippen LogP contribution in [0.1, 0.15) is 44.6 Å². The molecule has 2 rings (SSSR count). The minimum absolute atomic E-state index is 0.682. The molecular formula is C20H25ClN2O. The second-order valence-corrected chi connectivity index (χ2v) is 6.12. The fourth-order valence-electron chi connectivity index (χ4n) is 2.34. The van der Waals surface area contributed by atoms with Crippen LogP contribution in [0.25, 0.3) is 0 Å². The van der Waals surface area contributed by atoms with Gasteiger partial charge in [0.1, 0.15) is 5.75 Å². The topological polar surface area (TPSA) is 33.6 Å². The zero-order valence-corrected chi connectivity index (χ0v) is 14.9. The van der Waals surface area contributed by atoms with Gasteiger partial charge in [-0.25, -0.2) is 0 Å². The van der Waals surface area contributed by atoms with Crippen LogP contribution in [0.5, 0.6) is 5.75 Å². The molecule has 0 atom stereocenters. The summed E-state index contributed by atoms with van der Waals surface area (Å²) in [7, 11) is 0. The number of benzene rings is 2. The van der Waals surface area contributed by atoms with E-state index in [1.165, 1.54) is 25.7 Å². The first-order chi connectivity index (χ1) is 11.8. The normalized spacial score (nSPS) is 10.9. The lowest BCUT2D eigenvalue weighted by Gasteiger charge is -2.09. The molecule has 0 saturated carbocycles. The molecule has 3 nitrogen and oxygen atoms in total. The lowest BCUT2D eigenvalue weighted by molar-refractivity contribution is 0.304. The maximum Gasteiger partial charge on any atom is 0.128 e. The maximum absolute atomic E-state index is 5.96. The van der Waals surface area contributed by atoms with E-state index in [4.69, 9.17) is 16.3 Å². The van der Waals surface area contributed by atoms with Crippen molar-refractivity contribution in [3.63, 3.8) is 0 Å². The van der Waals surface area contributed by atoms with Gasteiger partial charge in [0, 0.05) is 10.6 Å². The Kier molecular flexibility index (Phi) is 8.19. The summed E-state index contributed by atoms with van der Waals surface area (Å²) < 4.78 is 5.90. The van der Waals surface area contributed by atoms with Crippen LogP contribution in [-0.4, -0.2) is 12.8 Å². The highest BCUT2D eigenvalue weighted by atomic mass is 35.5. The smallest absolute Gasteiger partial charge is 0.128 e. The number of rotatable bonds is 10. The van der Waals surface area contributed by atoms with Crippen LogP contribution < -0.4 is 10.2 Å². The molecule has 1 N–H and O–H groups in total. The van der Waals surface area contributed by atoms with Gasteiger partial charge in [0.05, 0.1) is 18.5 Å². The van der Waals surface area contributed by atoms with Gasteiger partial charge in [-0.1, -0.05) is 62.4 Å². The van der Waals surface area contributed by atoms with Crippen molar-refractivity contribution < 1.29 is 4.74 Å². The summed E-state index contributed by atoms with van der Waals surface area (Å²) >= 11 is 5.96. The molecule has 0 aliphatic carbocycles. The average molecular weight is 345 g/mol. The van der Waals surface area contributed by atoms with Gasteiger partial charge in [-0.2, -0.15) is 5.10 Å². The van der Waals surface area contributed by atoms with E-state index < -0.39 is 0 Å². The third-order valence-corrected chi connectivity index (χ3v) is 3.88. The Morgan fingerprint density at radius 3 is 2.71 bits per heavy atom. The number of hydrogen-bond acceptors (Lipinski definition) is 3. The highest BCUT2D eigenvalue weighted by Crippen LogP contribution is 2.18. The van der Waals surface area contributed by atoms with Gasteiger partial charge in [-0.15, -0.1) is 0 Å². The lowest BCUT2D eigenvalue weighted by atomic mass is 10.2. The Morgan fingerprint density at radius 2 is 1.88 bits per heavy atom. The second kappa shape index (κ2) is 10.7. The number of nitrogens with one attached hydrogen (secondary N) is 1. The predicted molar refractivity (Wildman–Crippen MR) is 103 cm³/mol. The third-order valence-electron chi connectivity index (χ3n) is 3.65. The number of anilines is 1. The fourth-order valence-corrected chi connectivity index (χ4v) is 2.53. The highest BCUT2D eigenvalue weighted by molar-refractivity contribution is 6.30. The minimum atomic E-state index is 0.682. The van der Waals surface area contributed by atoms with Gasteiger partial charge < -0.3 is 4.74 Å². The van der Waals surface area contributed by atoms with Gasteiger partial charge >= 0.3 is 0 Å². The molecule has 0 radical (unpaired) electrons. The molecule has 0 bridgehead atoms. The summed E-state index contributed by atoms with van der Waals surface area (Å²) in [5.74, 6) is 0.865. The van der Waals surface area contributed by atoms with Crippen molar-refractivity contribution in [3.8, 4) is 5.75 Å². The first kappa shape index (κ1) is 18.3. The standard InChI is InChI=1S/C20H25ClN2O/c1-2-3-4-5-8-14-24-20-13-7-6-10-17(20)16-22-23-19-12-9-11-18(21)15-19/h6-7,9-13,15-16,23H,2-5,8,14H2,1H3. The molecule has 2 aromatic rings. The lowest BCUT2D eigenvalue weighted by Crippen LogP contribution is -2.00. The fraction of sp³-hybridized carbons (Fsp3) is 0.350. The minimum Gasteiger partial charge on any atom is -0.493 e. The van der Waals surface area contributed by atoms with E-state index in [0.29, 0.717) is 5.02 Å². The molecule has 2 aromatic carbocycles. The number of unbranched alkanes of at least 4 members (excludes halogenated alkanes) is 4. The van der Waals surface area contributed by atoms with Crippen LogP contribution in [0.15, 0.2) is 53.6 Å². The molecule has 0 fully saturated rings. The third kappa shape index (κ3) is 6.63. The molecule has 128 valence electrons. The highest BCUT2D eigenvalue weighted by Gasteiger charge is 2.00. The number of hydrogen-bond donors (Lipinski definition) is 1. The van der Waals surface area contributed by atoms with Crippen molar-refractivity contribution in [3.05, 3.63) is 59.1 Å². The van der Waals surface area contributed by atoms with Gasteiger partial charge in [-0.05, 0) is 36.8 Å². The largest absolute Gasteiger partial charge is 0.493 e. The summed E-state index contributed by atoms with van der Waals surface area (Å²) in [6.07, 6.45) is 7.94. The summed E-state index contributed by atoms with van der Waals surface area (Å²) in [4.78, 5) is 0. The zero-order valence-electron chi connectivity index (χ0n) is 14.2. The van der Waals surface area contributed by atoms with Crippen molar-refractivity contribution >= 4 is 23.5 Å². The van der Waals surface area contributed by atoms with Gasteiger partial charge in [0.25, 0.3) is 0 Å². The maximum atomic E-state index is 5.96. The van der Waals surface area contributed by atoms with Gasteiger partial charge in [-0.3, -0.25) is 5.43 Å². The Hall–Kier alpha value is -2.00. The van der Waals surface area contributed by atoms with Gasteiger partial charge in [0.15, 0.2) is 0 Å². The molecule has 0 aliphatic heterocycles. The Labute approximate surface area is 149 Å². The van der Waals surface area contributed by atoms with Crippen molar-refractivity contribution in [1.29, 1.82) is 0 Å². The summed E-state index contributed by atoms with van der Waals surface area (Å²) in [5, 5.41) is 4.95. The van der Waals surface area contributed by atoms with Crippen LogP contribution in [0.2, 0.25) is 5.02 Å². The van der Waals surface area contributed by atoms with Crippen LogP contribution in [0, 0.1) is 0 Å². The first-order valence-corrected chi connectivity index (χ1v) is 8.94. The van der Waals surface area contributed by atoms with Gasteiger partial charge in [0.2, 0.25) is 0 Å². The molecule has 24 heavy (non-hydrogen) atoms. The summed E-state index contributed by atoms with van der Waals surface area (Å²) in [6.45, 7) is 2.97. The number of ether oxygens (including phenoxy) is 1.